The monoisotopic (exact) mass is 484 g/mol. The number of rotatable bonds is 7. The number of halogens is 1. The van der Waals surface area contributed by atoms with E-state index in [1.54, 1.807) is 12.1 Å². The van der Waals surface area contributed by atoms with Crippen LogP contribution in [0.4, 0.5) is 15.8 Å². The minimum absolute atomic E-state index is 0.0727. The fourth-order valence-corrected chi connectivity index (χ4v) is 5.11. The Morgan fingerprint density at radius 2 is 1.68 bits per heavy atom. The number of carbonyl (C=O) groups is 1. The summed E-state index contributed by atoms with van der Waals surface area (Å²) in [5, 5.41) is 2.81. The van der Waals surface area contributed by atoms with Gasteiger partial charge in [0.25, 0.3) is 10.0 Å². The van der Waals surface area contributed by atoms with E-state index in [-0.39, 0.29) is 16.5 Å². The first-order chi connectivity index (χ1) is 16.3. The number of para-hydroxylation sites is 1. The van der Waals surface area contributed by atoms with Gasteiger partial charge in [-0.25, -0.2) is 12.8 Å². The summed E-state index contributed by atoms with van der Waals surface area (Å²) in [4.78, 5) is 12.9. The number of nitrogens with zero attached hydrogens (tertiary/aromatic N) is 1. The number of nitrogens with one attached hydrogen (secondary N) is 1. The minimum atomic E-state index is -4.20. The van der Waals surface area contributed by atoms with E-state index in [1.807, 2.05) is 26.0 Å². The second kappa shape index (κ2) is 9.72. The molecule has 7 nitrogen and oxygen atoms in total. The molecule has 4 rings (SSSR count). The minimum Gasteiger partial charge on any atom is -0.486 e. The van der Waals surface area contributed by atoms with Crippen LogP contribution in [0.15, 0.2) is 71.6 Å². The fraction of sp³-hybridized carbons (Fsp3) is 0.240. The molecule has 0 saturated carbocycles. The van der Waals surface area contributed by atoms with Gasteiger partial charge in [0.1, 0.15) is 25.6 Å². The molecule has 3 aromatic rings. The lowest BCUT2D eigenvalue weighted by molar-refractivity contribution is -0.114. The summed E-state index contributed by atoms with van der Waals surface area (Å²) in [5.41, 5.74) is 1.70. The summed E-state index contributed by atoms with van der Waals surface area (Å²) < 4.78 is 52.7. The van der Waals surface area contributed by atoms with Crippen LogP contribution in [0.25, 0.3) is 0 Å². The molecule has 1 aliphatic rings. The number of benzene rings is 3. The van der Waals surface area contributed by atoms with Crippen molar-refractivity contribution in [2.45, 2.75) is 24.7 Å². The molecular weight excluding hydrogens is 459 g/mol. The molecular formula is C25H25FN2O5S. The Labute approximate surface area is 198 Å². The summed E-state index contributed by atoms with van der Waals surface area (Å²) in [6.07, 6.45) is 0. The number of carbonyl (C=O) groups excluding carboxylic acids is 1. The van der Waals surface area contributed by atoms with E-state index in [9.17, 15) is 17.6 Å². The maximum Gasteiger partial charge on any atom is 0.264 e. The molecule has 0 aromatic heterocycles. The number of amides is 1. The van der Waals surface area contributed by atoms with E-state index >= 15 is 0 Å². The average Bonchev–Trinajstić information content (AvgIpc) is 2.83. The summed E-state index contributed by atoms with van der Waals surface area (Å²) in [6, 6.07) is 16.6. The zero-order valence-corrected chi connectivity index (χ0v) is 19.6. The van der Waals surface area contributed by atoms with Crippen molar-refractivity contribution >= 4 is 27.3 Å². The summed E-state index contributed by atoms with van der Waals surface area (Å²) in [7, 11) is -4.20. The highest BCUT2D eigenvalue weighted by Gasteiger charge is 2.29. The van der Waals surface area contributed by atoms with Gasteiger partial charge < -0.3 is 14.8 Å². The third-order valence-corrected chi connectivity index (χ3v) is 7.13. The molecule has 0 radical (unpaired) electrons. The van der Waals surface area contributed by atoms with Crippen molar-refractivity contribution in [1.82, 2.24) is 0 Å². The van der Waals surface area contributed by atoms with Crippen molar-refractivity contribution in [3.63, 3.8) is 0 Å². The lowest BCUT2D eigenvalue weighted by atomic mass is 10.0. The molecule has 0 saturated heterocycles. The van der Waals surface area contributed by atoms with Crippen molar-refractivity contribution in [3.05, 3.63) is 78.1 Å². The van der Waals surface area contributed by atoms with E-state index in [1.165, 1.54) is 30.3 Å². The van der Waals surface area contributed by atoms with Gasteiger partial charge in [0.05, 0.1) is 10.6 Å². The topological polar surface area (TPSA) is 84.9 Å². The van der Waals surface area contributed by atoms with E-state index in [2.05, 4.69) is 5.32 Å². The van der Waals surface area contributed by atoms with E-state index in [4.69, 9.17) is 9.47 Å². The Morgan fingerprint density at radius 3 is 2.38 bits per heavy atom. The van der Waals surface area contributed by atoms with Crippen molar-refractivity contribution in [1.29, 1.82) is 0 Å². The quantitative estimate of drug-likeness (QED) is 0.532. The van der Waals surface area contributed by atoms with Crippen LogP contribution >= 0.6 is 0 Å². The Hall–Kier alpha value is -3.59. The average molecular weight is 485 g/mol. The van der Waals surface area contributed by atoms with Crippen LogP contribution in [-0.2, 0) is 14.8 Å². The maximum absolute atomic E-state index is 13.6. The fourth-order valence-electron chi connectivity index (χ4n) is 3.67. The molecule has 0 fully saturated rings. The molecule has 0 spiro atoms. The van der Waals surface area contributed by atoms with Crippen molar-refractivity contribution in [2.24, 2.45) is 0 Å². The van der Waals surface area contributed by atoms with Crippen LogP contribution < -0.4 is 19.1 Å². The highest BCUT2D eigenvalue weighted by molar-refractivity contribution is 7.92. The van der Waals surface area contributed by atoms with Gasteiger partial charge >= 0.3 is 0 Å². The highest BCUT2D eigenvalue weighted by atomic mass is 32.2. The van der Waals surface area contributed by atoms with E-state index < -0.39 is 28.3 Å². The summed E-state index contributed by atoms with van der Waals surface area (Å²) >= 11 is 0. The molecule has 3 aromatic carbocycles. The first-order valence-electron chi connectivity index (χ1n) is 10.8. The lowest BCUT2D eigenvalue weighted by Gasteiger charge is -2.25. The van der Waals surface area contributed by atoms with Crippen LogP contribution in [0.1, 0.15) is 25.3 Å². The molecule has 1 amide bonds. The standard InChI is InChI=1S/C25H25FN2O5S/c1-17(2)21-5-3-4-6-22(21)27-25(29)16-28(19-9-7-18(26)8-10-19)34(30,31)20-11-12-23-24(15-20)33-14-13-32-23/h3-12,15,17H,13-14,16H2,1-2H3,(H,27,29). The first kappa shape index (κ1) is 23.6. The second-order valence-electron chi connectivity index (χ2n) is 8.08. The van der Waals surface area contributed by atoms with Gasteiger partial charge in [-0.15, -0.1) is 0 Å². The molecule has 34 heavy (non-hydrogen) atoms. The van der Waals surface area contributed by atoms with Gasteiger partial charge in [0.2, 0.25) is 5.91 Å². The van der Waals surface area contributed by atoms with Crippen LogP contribution in [0.3, 0.4) is 0 Å². The van der Waals surface area contributed by atoms with Gasteiger partial charge in [-0.2, -0.15) is 0 Å². The van der Waals surface area contributed by atoms with Gasteiger partial charge in [0.15, 0.2) is 11.5 Å². The number of hydrogen-bond acceptors (Lipinski definition) is 5. The zero-order valence-electron chi connectivity index (χ0n) is 18.8. The van der Waals surface area contributed by atoms with Gasteiger partial charge in [-0.1, -0.05) is 32.0 Å². The highest BCUT2D eigenvalue weighted by Crippen LogP contribution is 2.34. The smallest absolute Gasteiger partial charge is 0.264 e. The number of sulfonamides is 1. The molecule has 1 heterocycles. The summed E-state index contributed by atoms with van der Waals surface area (Å²) in [6.45, 7) is 4.17. The molecule has 0 aliphatic carbocycles. The molecule has 0 unspecified atom stereocenters. The largest absolute Gasteiger partial charge is 0.486 e. The van der Waals surface area contributed by atoms with Crippen molar-refractivity contribution in [3.8, 4) is 11.5 Å². The lowest BCUT2D eigenvalue weighted by Crippen LogP contribution is -2.38. The Morgan fingerprint density at radius 1 is 1.00 bits per heavy atom. The SMILES string of the molecule is CC(C)c1ccccc1NC(=O)CN(c1ccc(F)cc1)S(=O)(=O)c1ccc2c(c1)OCCO2. The van der Waals surface area contributed by atoms with Crippen LogP contribution in [0, 0.1) is 5.82 Å². The normalized spacial score (nSPS) is 12.9. The second-order valence-corrected chi connectivity index (χ2v) is 9.95. The Bertz CT molecular complexity index is 1290. The van der Waals surface area contributed by atoms with Crippen LogP contribution in [-0.4, -0.2) is 34.1 Å². The van der Waals surface area contributed by atoms with Crippen molar-refractivity contribution in [2.75, 3.05) is 29.4 Å². The Balaban J connectivity index is 1.67. The molecule has 0 atom stereocenters. The number of ether oxygens (including phenoxy) is 2. The molecule has 178 valence electrons. The van der Waals surface area contributed by atoms with Gasteiger partial charge in [0, 0.05) is 11.8 Å². The van der Waals surface area contributed by atoms with Crippen LogP contribution in [0.5, 0.6) is 11.5 Å². The number of fused-ring (bicyclic) bond motifs is 1. The van der Waals surface area contributed by atoms with Crippen LogP contribution in [0.2, 0.25) is 0 Å². The van der Waals surface area contributed by atoms with Crippen molar-refractivity contribution < 1.29 is 27.1 Å². The third kappa shape index (κ3) is 4.99. The molecule has 0 bridgehead atoms. The van der Waals surface area contributed by atoms with E-state index in [0.29, 0.717) is 30.4 Å². The summed E-state index contributed by atoms with van der Waals surface area (Å²) in [5.74, 6) is -0.135. The van der Waals surface area contributed by atoms with E-state index in [0.717, 1.165) is 22.0 Å². The van der Waals surface area contributed by atoms with Gasteiger partial charge in [-0.3, -0.25) is 9.10 Å². The number of anilines is 2. The zero-order chi connectivity index (χ0) is 24.3. The first-order valence-corrected chi connectivity index (χ1v) is 12.3. The molecule has 1 aliphatic heterocycles. The van der Waals surface area contributed by atoms with Gasteiger partial charge in [-0.05, 0) is 53.9 Å². The Kier molecular flexibility index (Phi) is 6.74. The predicted molar refractivity (Wildman–Crippen MR) is 128 cm³/mol. The maximum atomic E-state index is 13.6. The predicted octanol–water partition coefficient (Wildman–Crippen LogP) is 4.55. The number of hydrogen-bond donors (Lipinski definition) is 1. The molecule has 9 heteroatoms. The third-order valence-electron chi connectivity index (χ3n) is 5.36. The molecule has 1 N–H and O–H groups in total.